The molecule has 0 spiro atoms. The van der Waals surface area contributed by atoms with Gasteiger partial charge >= 0.3 is 5.97 Å². The maximum absolute atomic E-state index is 11.8. The van der Waals surface area contributed by atoms with Gasteiger partial charge in [0.05, 0.1) is 30.1 Å². The third-order valence-corrected chi connectivity index (χ3v) is 4.95. The molecule has 0 aliphatic rings. The van der Waals surface area contributed by atoms with Crippen molar-refractivity contribution in [2.45, 2.75) is 13.5 Å². The second kappa shape index (κ2) is 7.97. The summed E-state index contributed by atoms with van der Waals surface area (Å²) in [6.45, 7) is 1.99. The number of hydrogen-bond acceptors (Lipinski definition) is 6. The molecule has 0 radical (unpaired) electrons. The van der Waals surface area contributed by atoms with Crippen LogP contribution in [0.15, 0.2) is 58.7 Å². The number of para-hydroxylation sites is 1. The third kappa shape index (κ3) is 3.83. The van der Waals surface area contributed by atoms with Crippen molar-refractivity contribution in [3.63, 3.8) is 0 Å². The first-order valence-electron chi connectivity index (χ1n) is 8.00. The first kappa shape index (κ1) is 17.9. The van der Waals surface area contributed by atoms with Crippen LogP contribution in [-0.4, -0.2) is 30.5 Å². The number of benzene rings is 2. The Morgan fingerprint density at radius 1 is 1.12 bits per heavy atom. The van der Waals surface area contributed by atoms with E-state index in [4.69, 9.17) is 9.47 Å². The number of aromatic nitrogens is 1. The number of hydrogen-bond donors (Lipinski definition) is 0. The molecule has 3 aromatic rings. The highest BCUT2D eigenvalue weighted by atomic mass is 32.1. The van der Waals surface area contributed by atoms with Gasteiger partial charge in [-0.05, 0) is 48.9 Å². The lowest BCUT2D eigenvalue weighted by Gasteiger charge is -2.03. The first-order chi connectivity index (χ1) is 12.6. The van der Waals surface area contributed by atoms with E-state index in [1.54, 1.807) is 7.11 Å². The Bertz CT molecular complexity index is 1020. The number of nitrogens with zero attached hydrogens (tertiary/aromatic N) is 3. The molecule has 0 aliphatic carbocycles. The third-order valence-electron chi connectivity index (χ3n) is 3.90. The summed E-state index contributed by atoms with van der Waals surface area (Å²) in [6, 6.07) is 15.5. The molecular weight excluding hydrogens is 350 g/mol. The van der Waals surface area contributed by atoms with Gasteiger partial charge in [0.15, 0.2) is 0 Å². The first-order valence-corrected chi connectivity index (χ1v) is 8.82. The van der Waals surface area contributed by atoms with E-state index < -0.39 is 0 Å². The number of esters is 1. The Labute approximate surface area is 155 Å². The van der Waals surface area contributed by atoms with Gasteiger partial charge in [-0.3, -0.25) is 4.79 Å². The lowest BCUT2D eigenvalue weighted by molar-refractivity contribution is -0.141. The molecule has 1 aromatic heterocycles. The SMILES string of the molecule is COC(=O)Cn1c(=NN=C(C)c2ccc(OC)cc2)sc2ccccc21. The van der Waals surface area contributed by atoms with E-state index in [2.05, 4.69) is 10.2 Å². The number of rotatable bonds is 5. The van der Waals surface area contributed by atoms with E-state index in [1.165, 1.54) is 18.4 Å². The van der Waals surface area contributed by atoms with E-state index in [1.807, 2.05) is 60.0 Å². The summed E-state index contributed by atoms with van der Waals surface area (Å²) in [4.78, 5) is 12.4. The van der Waals surface area contributed by atoms with Crippen LogP contribution in [0.2, 0.25) is 0 Å². The molecule has 3 rings (SSSR count). The summed E-state index contributed by atoms with van der Waals surface area (Å²) in [7, 11) is 3.01. The number of carbonyl (C=O) groups is 1. The molecule has 26 heavy (non-hydrogen) atoms. The van der Waals surface area contributed by atoms with Crippen molar-refractivity contribution in [2.75, 3.05) is 14.2 Å². The minimum atomic E-state index is -0.328. The zero-order chi connectivity index (χ0) is 18.5. The van der Waals surface area contributed by atoms with Crippen LogP contribution in [0.25, 0.3) is 10.2 Å². The predicted octanol–water partition coefficient (Wildman–Crippen LogP) is 3.21. The number of ether oxygens (including phenoxy) is 2. The van der Waals surface area contributed by atoms with Gasteiger partial charge in [0, 0.05) is 0 Å². The van der Waals surface area contributed by atoms with Crippen molar-refractivity contribution in [3.8, 4) is 5.75 Å². The van der Waals surface area contributed by atoms with Gasteiger partial charge in [-0.15, -0.1) is 5.10 Å². The van der Waals surface area contributed by atoms with E-state index in [9.17, 15) is 4.79 Å². The quantitative estimate of drug-likeness (QED) is 0.394. The Morgan fingerprint density at radius 3 is 2.54 bits per heavy atom. The normalized spacial score (nSPS) is 12.4. The van der Waals surface area contributed by atoms with E-state index in [0.29, 0.717) is 4.80 Å². The van der Waals surface area contributed by atoms with Crippen LogP contribution in [0.4, 0.5) is 0 Å². The molecule has 0 bridgehead atoms. The number of carbonyl (C=O) groups excluding carboxylic acids is 1. The summed E-state index contributed by atoms with van der Waals surface area (Å²) in [5.41, 5.74) is 2.66. The van der Waals surface area contributed by atoms with Crippen molar-refractivity contribution >= 4 is 33.2 Å². The predicted molar refractivity (Wildman–Crippen MR) is 103 cm³/mol. The van der Waals surface area contributed by atoms with Crippen LogP contribution >= 0.6 is 11.3 Å². The Hall–Kier alpha value is -2.93. The average molecular weight is 369 g/mol. The smallest absolute Gasteiger partial charge is 0.325 e. The van der Waals surface area contributed by atoms with E-state index in [0.717, 1.165) is 27.2 Å². The molecular formula is C19H19N3O3S. The summed E-state index contributed by atoms with van der Waals surface area (Å²) in [6.07, 6.45) is 0. The highest BCUT2D eigenvalue weighted by Crippen LogP contribution is 2.17. The van der Waals surface area contributed by atoms with Crippen LogP contribution in [0, 0.1) is 0 Å². The van der Waals surface area contributed by atoms with Crippen LogP contribution < -0.4 is 9.54 Å². The monoisotopic (exact) mass is 369 g/mol. The van der Waals surface area contributed by atoms with Gasteiger partial charge < -0.3 is 14.0 Å². The van der Waals surface area contributed by atoms with Crippen molar-refractivity contribution in [3.05, 3.63) is 58.9 Å². The molecule has 7 heteroatoms. The number of thiazole rings is 1. The molecule has 6 nitrogen and oxygen atoms in total. The lowest BCUT2D eigenvalue weighted by atomic mass is 10.1. The van der Waals surface area contributed by atoms with Crippen LogP contribution in [0.3, 0.4) is 0 Å². The topological polar surface area (TPSA) is 65.2 Å². The van der Waals surface area contributed by atoms with Crippen LogP contribution in [0.5, 0.6) is 5.75 Å². The standard InChI is InChI=1S/C19H19N3O3S/c1-13(14-8-10-15(24-2)11-9-14)20-21-19-22(12-18(23)25-3)16-6-4-5-7-17(16)26-19/h4-11H,12H2,1-3H3. The fourth-order valence-corrected chi connectivity index (χ4v) is 3.43. The molecule has 0 unspecified atom stereocenters. The van der Waals surface area contributed by atoms with Crippen molar-refractivity contribution in [1.82, 2.24) is 4.57 Å². The van der Waals surface area contributed by atoms with Crippen molar-refractivity contribution in [2.24, 2.45) is 10.2 Å². The van der Waals surface area contributed by atoms with Gasteiger partial charge in [0.25, 0.3) is 0 Å². The zero-order valence-corrected chi connectivity index (χ0v) is 15.6. The van der Waals surface area contributed by atoms with Gasteiger partial charge in [-0.1, -0.05) is 23.5 Å². The van der Waals surface area contributed by atoms with E-state index >= 15 is 0 Å². The lowest BCUT2D eigenvalue weighted by Crippen LogP contribution is -2.21. The van der Waals surface area contributed by atoms with Crippen molar-refractivity contribution in [1.29, 1.82) is 0 Å². The molecule has 0 N–H and O–H groups in total. The molecule has 0 aliphatic heterocycles. The molecule has 0 fully saturated rings. The molecule has 1 heterocycles. The molecule has 0 atom stereocenters. The summed E-state index contributed by atoms with van der Waals surface area (Å²) in [5.74, 6) is 0.463. The molecule has 134 valence electrons. The van der Waals surface area contributed by atoms with Gasteiger partial charge in [-0.2, -0.15) is 5.10 Å². The summed E-state index contributed by atoms with van der Waals surface area (Å²) < 4.78 is 12.8. The second-order valence-electron chi connectivity index (χ2n) is 5.53. The maximum atomic E-state index is 11.8. The van der Waals surface area contributed by atoms with Crippen molar-refractivity contribution < 1.29 is 14.3 Å². The minimum absolute atomic E-state index is 0.0937. The Kier molecular flexibility index (Phi) is 5.48. The fourth-order valence-electron chi connectivity index (χ4n) is 2.45. The minimum Gasteiger partial charge on any atom is -0.497 e. The summed E-state index contributed by atoms with van der Waals surface area (Å²) in [5, 5.41) is 8.73. The Morgan fingerprint density at radius 2 is 1.85 bits per heavy atom. The zero-order valence-electron chi connectivity index (χ0n) is 14.8. The second-order valence-corrected chi connectivity index (χ2v) is 6.54. The molecule has 0 saturated heterocycles. The largest absolute Gasteiger partial charge is 0.497 e. The molecule has 2 aromatic carbocycles. The number of methoxy groups -OCH3 is 2. The van der Waals surface area contributed by atoms with Gasteiger partial charge in [0.1, 0.15) is 12.3 Å². The fraction of sp³-hybridized carbons (Fsp3) is 0.211. The molecule has 0 saturated carbocycles. The average Bonchev–Trinajstić information content (AvgIpc) is 3.03. The van der Waals surface area contributed by atoms with E-state index in [-0.39, 0.29) is 12.5 Å². The highest BCUT2D eigenvalue weighted by molar-refractivity contribution is 7.16. The van der Waals surface area contributed by atoms with Crippen LogP contribution in [-0.2, 0) is 16.1 Å². The number of fused-ring (bicyclic) bond motifs is 1. The van der Waals surface area contributed by atoms with Crippen LogP contribution in [0.1, 0.15) is 12.5 Å². The van der Waals surface area contributed by atoms with Gasteiger partial charge in [0.2, 0.25) is 4.80 Å². The Balaban J connectivity index is 2.02. The summed E-state index contributed by atoms with van der Waals surface area (Å²) >= 11 is 1.48. The molecule has 0 amide bonds. The van der Waals surface area contributed by atoms with Gasteiger partial charge in [-0.25, -0.2) is 0 Å². The highest BCUT2D eigenvalue weighted by Gasteiger charge is 2.10. The maximum Gasteiger partial charge on any atom is 0.325 e.